The van der Waals surface area contributed by atoms with E-state index in [9.17, 15) is 9.90 Å². The zero-order chi connectivity index (χ0) is 17.1. The van der Waals surface area contributed by atoms with Gasteiger partial charge in [0.2, 0.25) is 0 Å². The van der Waals surface area contributed by atoms with Crippen molar-refractivity contribution < 1.29 is 14.6 Å². The maximum absolute atomic E-state index is 13.1. The quantitative estimate of drug-likeness (QED) is 0.913. The highest BCUT2D eigenvalue weighted by molar-refractivity contribution is 5.94. The summed E-state index contributed by atoms with van der Waals surface area (Å²) in [7, 11) is 4.04. The van der Waals surface area contributed by atoms with Crippen LogP contribution >= 0.6 is 0 Å². The topological polar surface area (TPSA) is 53.0 Å². The molecule has 1 aromatic carbocycles. The molecule has 2 aliphatic rings. The molecule has 0 aromatic heterocycles. The molecule has 3 atom stereocenters. The van der Waals surface area contributed by atoms with Crippen LogP contribution in [0.5, 0.6) is 0 Å². The molecule has 0 bridgehead atoms. The normalized spacial score (nSPS) is 27.7. The first-order valence-electron chi connectivity index (χ1n) is 8.86. The monoisotopic (exact) mass is 332 g/mol. The Labute approximate surface area is 144 Å². The van der Waals surface area contributed by atoms with E-state index in [1.165, 1.54) is 0 Å². The van der Waals surface area contributed by atoms with Gasteiger partial charge in [0.25, 0.3) is 5.91 Å². The fourth-order valence-corrected chi connectivity index (χ4v) is 3.98. The summed E-state index contributed by atoms with van der Waals surface area (Å²) in [5.41, 5.74) is 1.87. The van der Waals surface area contributed by atoms with Crippen molar-refractivity contribution in [3.8, 4) is 0 Å². The second kappa shape index (κ2) is 7.64. The van der Waals surface area contributed by atoms with E-state index in [2.05, 4.69) is 4.90 Å². The Morgan fingerprint density at radius 2 is 2.21 bits per heavy atom. The molecule has 0 unspecified atom stereocenters. The number of hydrogen-bond acceptors (Lipinski definition) is 4. The number of rotatable bonds is 4. The lowest BCUT2D eigenvalue weighted by Crippen LogP contribution is -2.53. The Balaban J connectivity index is 1.79. The predicted molar refractivity (Wildman–Crippen MR) is 92.8 cm³/mol. The molecule has 1 saturated carbocycles. The van der Waals surface area contributed by atoms with Crippen molar-refractivity contribution >= 4 is 5.91 Å². The first-order chi connectivity index (χ1) is 11.6. The molecule has 1 N–H and O–H groups in total. The molecule has 1 aliphatic heterocycles. The fraction of sp³-hybridized carbons (Fsp3) is 0.632. The van der Waals surface area contributed by atoms with Crippen molar-refractivity contribution in [1.82, 2.24) is 9.80 Å². The van der Waals surface area contributed by atoms with E-state index in [4.69, 9.17) is 4.74 Å². The lowest BCUT2D eigenvalue weighted by molar-refractivity contribution is -0.0383. The molecule has 5 heteroatoms. The van der Waals surface area contributed by atoms with Gasteiger partial charge in [-0.25, -0.2) is 0 Å². The zero-order valence-electron chi connectivity index (χ0n) is 14.6. The number of carbonyl (C=O) groups excluding carboxylic acids is 1. The van der Waals surface area contributed by atoms with E-state index in [0.717, 1.165) is 36.9 Å². The second-order valence-electron chi connectivity index (χ2n) is 7.24. The summed E-state index contributed by atoms with van der Waals surface area (Å²) in [6.45, 7) is 2.52. The molecule has 1 aliphatic carbocycles. The lowest BCUT2D eigenvalue weighted by atomic mass is 9.93. The van der Waals surface area contributed by atoms with E-state index in [1.54, 1.807) is 0 Å². The van der Waals surface area contributed by atoms with Crippen LogP contribution in [0.3, 0.4) is 0 Å². The first-order valence-corrected chi connectivity index (χ1v) is 8.86. The molecule has 1 saturated heterocycles. The standard InChI is InChI=1S/C19H28N2O3/c1-20(2)12-14-5-3-6-15(11-14)19(23)21-9-10-24-13-17(21)16-7-4-8-18(16)22/h3,5-6,11,16-18,22H,4,7-10,12-13H2,1-2H3/t16-,17+,18+/m0/s1. The van der Waals surface area contributed by atoms with Gasteiger partial charge >= 0.3 is 0 Å². The molecule has 24 heavy (non-hydrogen) atoms. The SMILES string of the molecule is CN(C)Cc1cccc(C(=O)N2CCOC[C@@H]2[C@@H]2CCC[C@H]2O)c1. The fourth-order valence-electron chi connectivity index (χ4n) is 3.98. The average Bonchev–Trinajstić information content (AvgIpc) is 3.00. The highest BCUT2D eigenvalue weighted by atomic mass is 16.5. The number of aliphatic hydroxyl groups excluding tert-OH is 1. The molecule has 1 heterocycles. The summed E-state index contributed by atoms with van der Waals surface area (Å²) >= 11 is 0. The Morgan fingerprint density at radius 1 is 1.38 bits per heavy atom. The lowest BCUT2D eigenvalue weighted by Gasteiger charge is -2.40. The van der Waals surface area contributed by atoms with Crippen molar-refractivity contribution in [1.29, 1.82) is 0 Å². The number of aliphatic hydroxyl groups is 1. The van der Waals surface area contributed by atoms with Gasteiger partial charge < -0.3 is 19.6 Å². The highest BCUT2D eigenvalue weighted by Crippen LogP contribution is 2.32. The first kappa shape index (κ1) is 17.4. The number of nitrogens with zero attached hydrogens (tertiary/aromatic N) is 2. The van der Waals surface area contributed by atoms with Gasteiger partial charge in [-0.15, -0.1) is 0 Å². The highest BCUT2D eigenvalue weighted by Gasteiger charge is 2.39. The third-order valence-electron chi connectivity index (χ3n) is 5.12. The number of amides is 1. The summed E-state index contributed by atoms with van der Waals surface area (Å²) in [5, 5.41) is 10.3. The number of hydrogen-bond donors (Lipinski definition) is 1. The van der Waals surface area contributed by atoms with Crippen LogP contribution in [0.25, 0.3) is 0 Å². The number of morpholine rings is 1. The maximum Gasteiger partial charge on any atom is 0.254 e. The van der Waals surface area contributed by atoms with Crippen molar-refractivity contribution in [2.45, 2.75) is 38.0 Å². The minimum absolute atomic E-state index is 0.0127. The second-order valence-corrected chi connectivity index (χ2v) is 7.24. The summed E-state index contributed by atoms with van der Waals surface area (Å²) < 4.78 is 5.62. The van der Waals surface area contributed by atoms with Crippen LogP contribution in [-0.2, 0) is 11.3 Å². The van der Waals surface area contributed by atoms with Crippen LogP contribution in [0, 0.1) is 5.92 Å². The summed E-state index contributed by atoms with van der Waals surface area (Å²) in [6.07, 6.45) is 2.52. The van der Waals surface area contributed by atoms with Crippen LogP contribution in [0.15, 0.2) is 24.3 Å². The van der Waals surface area contributed by atoms with Gasteiger partial charge in [0.05, 0.1) is 25.4 Å². The Kier molecular flexibility index (Phi) is 5.54. The smallest absolute Gasteiger partial charge is 0.254 e. The van der Waals surface area contributed by atoms with E-state index < -0.39 is 0 Å². The summed E-state index contributed by atoms with van der Waals surface area (Å²) in [6, 6.07) is 7.86. The van der Waals surface area contributed by atoms with Crippen LogP contribution in [0.1, 0.15) is 35.2 Å². The molecule has 0 radical (unpaired) electrons. The summed E-state index contributed by atoms with van der Waals surface area (Å²) in [5.74, 6) is 0.196. The molecule has 0 spiro atoms. The number of carbonyl (C=O) groups is 1. The van der Waals surface area contributed by atoms with Gasteiger partial charge in [-0.05, 0) is 44.6 Å². The largest absolute Gasteiger partial charge is 0.393 e. The summed E-state index contributed by atoms with van der Waals surface area (Å²) in [4.78, 5) is 17.1. The van der Waals surface area contributed by atoms with Crippen LogP contribution < -0.4 is 0 Å². The predicted octanol–water partition coefficient (Wildman–Crippen LogP) is 1.75. The minimum Gasteiger partial charge on any atom is -0.393 e. The number of benzene rings is 1. The molecule has 3 rings (SSSR count). The Morgan fingerprint density at radius 3 is 2.92 bits per heavy atom. The van der Waals surface area contributed by atoms with Crippen LogP contribution in [-0.4, -0.2) is 66.8 Å². The minimum atomic E-state index is -0.313. The van der Waals surface area contributed by atoms with Gasteiger partial charge in [0, 0.05) is 24.6 Å². The molecular formula is C19H28N2O3. The van der Waals surface area contributed by atoms with Crippen molar-refractivity contribution in [3.63, 3.8) is 0 Å². The van der Waals surface area contributed by atoms with Gasteiger partial charge in [-0.1, -0.05) is 18.6 Å². The zero-order valence-corrected chi connectivity index (χ0v) is 14.6. The molecule has 2 fully saturated rings. The van der Waals surface area contributed by atoms with E-state index in [0.29, 0.717) is 19.8 Å². The number of ether oxygens (including phenoxy) is 1. The van der Waals surface area contributed by atoms with E-state index in [1.807, 2.05) is 43.3 Å². The molecule has 132 valence electrons. The van der Waals surface area contributed by atoms with Gasteiger partial charge in [-0.2, -0.15) is 0 Å². The average molecular weight is 332 g/mol. The van der Waals surface area contributed by atoms with Gasteiger partial charge in [0.15, 0.2) is 0 Å². The van der Waals surface area contributed by atoms with E-state index >= 15 is 0 Å². The Bertz CT molecular complexity index is 575. The van der Waals surface area contributed by atoms with Crippen molar-refractivity contribution in [3.05, 3.63) is 35.4 Å². The van der Waals surface area contributed by atoms with Gasteiger partial charge in [-0.3, -0.25) is 4.79 Å². The maximum atomic E-state index is 13.1. The van der Waals surface area contributed by atoms with Crippen molar-refractivity contribution in [2.75, 3.05) is 33.9 Å². The van der Waals surface area contributed by atoms with E-state index in [-0.39, 0.29) is 24.0 Å². The van der Waals surface area contributed by atoms with Crippen molar-refractivity contribution in [2.24, 2.45) is 5.92 Å². The van der Waals surface area contributed by atoms with Crippen LogP contribution in [0.2, 0.25) is 0 Å². The Hall–Kier alpha value is -1.43. The molecule has 1 amide bonds. The molecular weight excluding hydrogens is 304 g/mol. The molecule has 1 aromatic rings. The third-order valence-corrected chi connectivity index (χ3v) is 5.12. The third kappa shape index (κ3) is 3.79. The van der Waals surface area contributed by atoms with Crippen LogP contribution in [0.4, 0.5) is 0 Å². The van der Waals surface area contributed by atoms with Gasteiger partial charge in [0.1, 0.15) is 0 Å². The molecule has 5 nitrogen and oxygen atoms in total.